The largest absolute Gasteiger partial charge is 0.483 e. The molecule has 1 aromatic heterocycles. The van der Waals surface area contributed by atoms with Gasteiger partial charge >= 0.3 is 0 Å². The van der Waals surface area contributed by atoms with Gasteiger partial charge in [-0.3, -0.25) is 4.79 Å². The Hall–Kier alpha value is -3.46. The lowest BCUT2D eigenvalue weighted by molar-refractivity contribution is -0.118. The topological polar surface area (TPSA) is 110 Å². The Labute approximate surface area is 169 Å². The number of sulfonamides is 1. The van der Waals surface area contributed by atoms with Crippen molar-refractivity contribution < 1.29 is 17.9 Å². The first kappa shape index (κ1) is 20.3. The SMILES string of the molecule is Cc1ccnc(NS(=O)(=O)c2ccc(NC(=O)COc3ccccc3C)cc2)n1. The quantitative estimate of drug-likeness (QED) is 0.617. The predicted octanol–water partition coefficient (Wildman–Crippen LogP) is 2.91. The van der Waals surface area contributed by atoms with Crippen LogP contribution in [0.25, 0.3) is 0 Å². The molecule has 0 aliphatic heterocycles. The van der Waals surface area contributed by atoms with Crippen LogP contribution >= 0.6 is 0 Å². The fraction of sp³-hybridized carbons (Fsp3) is 0.150. The van der Waals surface area contributed by atoms with Crippen molar-refractivity contribution in [1.29, 1.82) is 0 Å². The molecule has 1 amide bonds. The third kappa shape index (κ3) is 5.52. The van der Waals surface area contributed by atoms with Crippen LogP contribution in [0, 0.1) is 13.8 Å². The van der Waals surface area contributed by atoms with Crippen LogP contribution < -0.4 is 14.8 Å². The molecule has 9 heteroatoms. The fourth-order valence-corrected chi connectivity index (χ4v) is 3.40. The van der Waals surface area contributed by atoms with Crippen LogP contribution in [0.5, 0.6) is 5.75 Å². The number of aromatic nitrogens is 2. The highest BCUT2D eigenvalue weighted by molar-refractivity contribution is 7.92. The zero-order valence-corrected chi connectivity index (χ0v) is 16.7. The summed E-state index contributed by atoms with van der Waals surface area (Å²) in [6.45, 7) is 3.47. The van der Waals surface area contributed by atoms with Crippen molar-refractivity contribution in [2.24, 2.45) is 0 Å². The predicted molar refractivity (Wildman–Crippen MR) is 109 cm³/mol. The Morgan fingerprint density at radius 2 is 1.76 bits per heavy atom. The van der Waals surface area contributed by atoms with Gasteiger partial charge in [0.05, 0.1) is 4.90 Å². The summed E-state index contributed by atoms with van der Waals surface area (Å²) in [5.41, 5.74) is 2.03. The van der Waals surface area contributed by atoms with Gasteiger partial charge in [0.2, 0.25) is 5.95 Å². The van der Waals surface area contributed by atoms with E-state index in [0.717, 1.165) is 5.56 Å². The Balaban J connectivity index is 1.60. The minimum absolute atomic E-state index is 0.00395. The van der Waals surface area contributed by atoms with Crippen molar-refractivity contribution in [3.8, 4) is 5.75 Å². The third-order valence-corrected chi connectivity index (χ3v) is 5.27. The Morgan fingerprint density at radius 3 is 2.45 bits per heavy atom. The molecule has 0 atom stereocenters. The van der Waals surface area contributed by atoms with Crippen LogP contribution in [-0.4, -0.2) is 30.9 Å². The maximum Gasteiger partial charge on any atom is 0.264 e. The number of nitrogens with zero attached hydrogens (tertiary/aromatic N) is 2. The van der Waals surface area contributed by atoms with Gasteiger partial charge in [-0.2, -0.15) is 0 Å². The van der Waals surface area contributed by atoms with E-state index in [1.165, 1.54) is 30.5 Å². The summed E-state index contributed by atoms with van der Waals surface area (Å²) < 4.78 is 32.7. The zero-order chi connectivity index (χ0) is 20.9. The number of carbonyl (C=O) groups is 1. The number of nitrogens with one attached hydrogen (secondary N) is 2. The monoisotopic (exact) mass is 412 g/mol. The van der Waals surface area contributed by atoms with E-state index in [2.05, 4.69) is 20.0 Å². The number of ether oxygens (including phenoxy) is 1. The molecule has 0 radical (unpaired) electrons. The molecule has 3 aromatic rings. The number of hydrogen-bond donors (Lipinski definition) is 2. The van der Waals surface area contributed by atoms with Gasteiger partial charge in [0.25, 0.3) is 15.9 Å². The Morgan fingerprint density at radius 1 is 1.03 bits per heavy atom. The minimum atomic E-state index is -3.84. The second kappa shape index (κ2) is 8.70. The van der Waals surface area contributed by atoms with Crippen LogP contribution in [0.3, 0.4) is 0 Å². The molecule has 2 N–H and O–H groups in total. The van der Waals surface area contributed by atoms with Crippen LogP contribution in [0.2, 0.25) is 0 Å². The number of carbonyl (C=O) groups excluding carboxylic acids is 1. The van der Waals surface area contributed by atoms with Crippen LogP contribution in [0.1, 0.15) is 11.3 Å². The number of para-hydroxylation sites is 1. The number of amides is 1. The summed E-state index contributed by atoms with van der Waals surface area (Å²) in [6.07, 6.45) is 1.47. The number of benzene rings is 2. The van der Waals surface area contributed by atoms with E-state index in [0.29, 0.717) is 17.1 Å². The second-order valence-electron chi connectivity index (χ2n) is 6.25. The van der Waals surface area contributed by atoms with E-state index in [1.807, 2.05) is 25.1 Å². The summed E-state index contributed by atoms with van der Waals surface area (Å²) in [5, 5.41) is 2.66. The van der Waals surface area contributed by atoms with E-state index < -0.39 is 10.0 Å². The molecular weight excluding hydrogens is 392 g/mol. The highest BCUT2D eigenvalue weighted by Crippen LogP contribution is 2.18. The van der Waals surface area contributed by atoms with Crippen molar-refractivity contribution in [3.63, 3.8) is 0 Å². The molecule has 150 valence electrons. The molecule has 0 saturated heterocycles. The molecule has 1 heterocycles. The molecular formula is C20H20N4O4S. The lowest BCUT2D eigenvalue weighted by Crippen LogP contribution is -2.20. The molecule has 3 rings (SSSR count). The van der Waals surface area contributed by atoms with Crippen LogP contribution in [-0.2, 0) is 14.8 Å². The molecule has 2 aromatic carbocycles. The summed E-state index contributed by atoms with van der Waals surface area (Å²) in [5.74, 6) is 0.277. The first-order valence-electron chi connectivity index (χ1n) is 8.74. The number of aryl methyl sites for hydroxylation is 2. The van der Waals surface area contributed by atoms with Gasteiger partial charge in [0.1, 0.15) is 5.75 Å². The summed E-state index contributed by atoms with van der Waals surface area (Å²) in [6, 6.07) is 14.8. The van der Waals surface area contributed by atoms with E-state index in [9.17, 15) is 13.2 Å². The van der Waals surface area contributed by atoms with Crippen molar-refractivity contribution in [2.75, 3.05) is 16.6 Å². The molecule has 8 nitrogen and oxygen atoms in total. The lowest BCUT2D eigenvalue weighted by atomic mass is 10.2. The molecule has 0 spiro atoms. The van der Waals surface area contributed by atoms with Gasteiger partial charge in [-0.05, 0) is 55.8 Å². The molecule has 0 bridgehead atoms. The summed E-state index contributed by atoms with van der Waals surface area (Å²) in [4.78, 5) is 20.0. The average Bonchev–Trinajstić information content (AvgIpc) is 2.67. The van der Waals surface area contributed by atoms with Gasteiger partial charge < -0.3 is 10.1 Å². The molecule has 0 aliphatic carbocycles. The first-order valence-corrected chi connectivity index (χ1v) is 10.2. The number of rotatable bonds is 7. The Bertz CT molecular complexity index is 1120. The van der Waals surface area contributed by atoms with E-state index in [-0.39, 0.29) is 23.4 Å². The fourth-order valence-electron chi connectivity index (χ4n) is 2.45. The van der Waals surface area contributed by atoms with Gasteiger partial charge in [-0.1, -0.05) is 18.2 Å². The molecule has 0 unspecified atom stereocenters. The number of hydrogen-bond acceptors (Lipinski definition) is 6. The average molecular weight is 412 g/mol. The van der Waals surface area contributed by atoms with E-state index in [4.69, 9.17) is 4.74 Å². The highest BCUT2D eigenvalue weighted by atomic mass is 32.2. The minimum Gasteiger partial charge on any atom is -0.483 e. The smallest absolute Gasteiger partial charge is 0.264 e. The van der Waals surface area contributed by atoms with Crippen molar-refractivity contribution in [2.45, 2.75) is 18.7 Å². The molecule has 29 heavy (non-hydrogen) atoms. The zero-order valence-electron chi connectivity index (χ0n) is 15.9. The van der Waals surface area contributed by atoms with Gasteiger partial charge in [0, 0.05) is 17.6 Å². The lowest BCUT2D eigenvalue weighted by Gasteiger charge is -2.10. The van der Waals surface area contributed by atoms with Crippen LogP contribution in [0.4, 0.5) is 11.6 Å². The third-order valence-electron chi connectivity index (χ3n) is 3.92. The van der Waals surface area contributed by atoms with Crippen LogP contribution in [0.15, 0.2) is 65.7 Å². The van der Waals surface area contributed by atoms with Crippen molar-refractivity contribution in [1.82, 2.24) is 9.97 Å². The van der Waals surface area contributed by atoms with Gasteiger partial charge in [-0.15, -0.1) is 0 Å². The van der Waals surface area contributed by atoms with Crippen molar-refractivity contribution in [3.05, 3.63) is 72.1 Å². The summed E-state index contributed by atoms with van der Waals surface area (Å²) >= 11 is 0. The number of anilines is 2. The molecule has 0 saturated carbocycles. The van der Waals surface area contributed by atoms with E-state index in [1.54, 1.807) is 19.1 Å². The highest BCUT2D eigenvalue weighted by Gasteiger charge is 2.16. The normalized spacial score (nSPS) is 11.0. The van der Waals surface area contributed by atoms with Gasteiger partial charge in [-0.25, -0.2) is 23.1 Å². The Kier molecular flexibility index (Phi) is 6.08. The molecule has 0 aliphatic rings. The summed E-state index contributed by atoms with van der Waals surface area (Å²) in [7, 11) is -3.84. The maximum atomic E-state index is 12.4. The van der Waals surface area contributed by atoms with Gasteiger partial charge in [0.15, 0.2) is 6.61 Å². The molecule has 0 fully saturated rings. The second-order valence-corrected chi connectivity index (χ2v) is 7.94. The standard InChI is InChI=1S/C20H20N4O4S/c1-14-5-3-4-6-18(14)28-13-19(25)23-16-7-9-17(10-8-16)29(26,27)24-20-21-12-11-15(2)22-20/h3-12H,13H2,1-2H3,(H,23,25)(H,21,22,24). The maximum absolute atomic E-state index is 12.4. The van der Waals surface area contributed by atoms with E-state index >= 15 is 0 Å². The van der Waals surface area contributed by atoms with Crippen molar-refractivity contribution >= 4 is 27.6 Å². The first-order chi connectivity index (χ1) is 13.8.